The van der Waals surface area contributed by atoms with Crippen LogP contribution in [-0.4, -0.2) is 52.8 Å². The molecule has 23 heavy (non-hydrogen) atoms. The number of hydrogen-bond acceptors (Lipinski definition) is 3. The highest BCUT2D eigenvalue weighted by Crippen LogP contribution is 2.57. The van der Waals surface area contributed by atoms with Crippen molar-refractivity contribution in [3.8, 4) is 0 Å². The van der Waals surface area contributed by atoms with E-state index in [2.05, 4.69) is 37.5 Å². The van der Waals surface area contributed by atoms with Gasteiger partial charge in [-0.3, -0.25) is 9.80 Å². The van der Waals surface area contributed by atoms with Gasteiger partial charge in [0.1, 0.15) is 6.23 Å². The Hall–Kier alpha value is -0.120. The van der Waals surface area contributed by atoms with E-state index in [1.807, 2.05) is 0 Å². The first-order valence-electron chi connectivity index (χ1n) is 10.1. The second kappa shape index (κ2) is 4.74. The predicted octanol–water partition coefficient (Wildman–Crippen LogP) is 3.48. The van der Waals surface area contributed by atoms with Crippen LogP contribution in [0.5, 0.6) is 0 Å². The molecule has 1 saturated carbocycles. The molecule has 4 saturated heterocycles. The second-order valence-electron chi connectivity index (χ2n) is 10.2. The summed E-state index contributed by atoms with van der Waals surface area (Å²) in [5, 5.41) is 0. The summed E-state index contributed by atoms with van der Waals surface area (Å²) in [6.07, 6.45) is 9.10. The Morgan fingerprint density at radius 2 is 1.91 bits per heavy atom. The first kappa shape index (κ1) is 15.2. The summed E-state index contributed by atoms with van der Waals surface area (Å²) in [6.45, 7) is 12.6. The lowest BCUT2D eigenvalue weighted by Gasteiger charge is -2.56. The van der Waals surface area contributed by atoms with Crippen LogP contribution in [0.3, 0.4) is 0 Å². The van der Waals surface area contributed by atoms with E-state index in [4.69, 9.17) is 4.74 Å². The van der Waals surface area contributed by atoms with Gasteiger partial charge in [-0.1, -0.05) is 20.3 Å². The van der Waals surface area contributed by atoms with Crippen LogP contribution in [0.15, 0.2) is 0 Å². The van der Waals surface area contributed by atoms with Gasteiger partial charge in [0.05, 0.1) is 12.1 Å². The summed E-state index contributed by atoms with van der Waals surface area (Å²) in [5.41, 5.74) is 0.752. The minimum absolute atomic E-state index is 0.302. The Kier molecular flexibility index (Phi) is 3.12. The van der Waals surface area contributed by atoms with Gasteiger partial charge in [-0.2, -0.15) is 0 Å². The second-order valence-corrected chi connectivity index (χ2v) is 10.2. The molecule has 0 bridgehead atoms. The molecule has 0 aromatic heterocycles. The van der Waals surface area contributed by atoms with Crippen LogP contribution in [-0.2, 0) is 4.74 Å². The molecule has 0 N–H and O–H groups in total. The van der Waals surface area contributed by atoms with Crippen LogP contribution < -0.4 is 0 Å². The maximum Gasteiger partial charge on any atom is 0.127 e. The van der Waals surface area contributed by atoms with Crippen LogP contribution >= 0.6 is 0 Å². The van der Waals surface area contributed by atoms with Gasteiger partial charge in [-0.05, 0) is 58.4 Å². The first-order valence-corrected chi connectivity index (χ1v) is 10.1. The molecule has 3 heteroatoms. The predicted molar refractivity (Wildman–Crippen MR) is 92.2 cm³/mol. The highest BCUT2D eigenvalue weighted by molar-refractivity contribution is 5.16. The number of ether oxygens (including phenoxy) is 1. The molecule has 7 atom stereocenters. The van der Waals surface area contributed by atoms with Crippen molar-refractivity contribution in [2.45, 2.75) is 96.2 Å². The van der Waals surface area contributed by atoms with Gasteiger partial charge < -0.3 is 4.74 Å². The maximum absolute atomic E-state index is 6.89. The minimum atomic E-state index is 0.302. The third-order valence-corrected chi connectivity index (χ3v) is 8.32. The smallest absolute Gasteiger partial charge is 0.127 e. The highest BCUT2D eigenvalue weighted by Gasteiger charge is 2.65. The third-order valence-electron chi connectivity index (χ3n) is 8.32. The van der Waals surface area contributed by atoms with E-state index in [9.17, 15) is 0 Å². The van der Waals surface area contributed by atoms with E-state index >= 15 is 0 Å². The molecule has 130 valence electrons. The van der Waals surface area contributed by atoms with Crippen LogP contribution in [0.25, 0.3) is 0 Å². The Morgan fingerprint density at radius 1 is 1.09 bits per heavy atom. The molecule has 4 heterocycles. The Bertz CT molecular complexity index is 506. The minimum Gasteiger partial charge on any atom is -0.358 e. The standard InChI is InChI=1S/C20H34N2O/c1-13-7-8-15-16(10-13)23-18-17-20(4,12-22(18)19(15,2)3)11-14-6-5-9-21(14)17/h13-18H,5-12H2,1-4H3/t13-,14+,15-,16-,17+,18+,20-/m1/s1. The highest BCUT2D eigenvalue weighted by atomic mass is 16.5. The van der Waals surface area contributed by atoms with Crippen molar-refractivity contribution in [2.75, 3.05) is 13.1 Å². The summed E-state index contributed by atoms with van der Waals surface area (Å²) >= 11 is 0. The molecule has 0 unspecified atom stereocenters. The fraction of sp³-hybridized carbons (Fsp3) is 1.00. The lowest BCUT2D eigenvalue weighted by molar-refractivity contribution is -0.230. The molecule has 3 nitrogen and oxygen atoms in total. The lowest BCUT2D eigenvalue weighted by Crippen LogP contribution is -2.65. The number of rotatable bonds is 0. The van der Waals surface area contributed by atoms with E-state index in [0.29, 0.717) is 29.3 Å². The zero-order valence-electron chi connectivity index (χ0n) is 15.4. The van der Waals surface area contributed by atoms with Crippen molar-refractivity contribution < 1.29 is 4.74 Å². The fourth-order valence-corrected chi connectivity index (χ4v) is 7.18. The zero-order chi connectivity index (χ0) is 16.0. The number of nitrogens with zero attached hydrogens (tertiary/aromatic N) is 2. The van der Waals surface area contributed by atoms with Gasteiger partial charge in [0.25, 0.3) is 0 Å². The quantitative estimate of drug-likeness (QED) is 0.680. The van der Waals surface area contributed by atoms with Crippen molar-refractivity contribution >= 4 is 0 Å². The van der Waals surface area contributed by atoms with Gasteiger partial charge >= 0.3 is 0 Å². The topological polar surface area (TPSA) is 15.7 Å². The first-order chi connectivity index (χ1) is 10.9. The van der Waals surface area contributed by atoms with E-state index < -0.39 is 0 Å². The molecule has 0 spiro atoms. The van der Waals surface area contributed by atoms with Crippen LogP contribution in [0.4, 0.5) is 0 Å². The van der Waals surface area contributed by atoms with Crippen molar-refractivity contribution in [2.24, 2.45) is 17.3 Å². The Balaban J connectivity index is 1.50. The molecule has 0 amide bonds. The average molecular weight is 319 g/mol. The summed E-state index contributed by atoms with van der Waals surface area (Å²) in [6, 6.07) is 1.49. The summed E-state index contributed by atoms with van der Waals surface area (Å²) in [5.74, 6) is 1.57. The van der Waals surface area contributed by atoms with Crippen molar-refractivity contribution in [3.05, 3.63) is 0 Å². The largest absolute Gasteiger partial charge is 0.358 e. The molecule has 0 radical (unpaired) electrons. The Labute approximate surface area is 141 Å². The van der Waals surface area contributed by atoms with Gasteiger partial charge in [0, 0.05) is 29.5 Å². The van der Waals surface area contributed by atoms with E-state index in [1.165, 1.54) is 51.6 Å². The molecule has 0 aromatic carbocycles. The Morgan fingerprint density at radius 3 is 2.74 bits per heavy atom. The van der Waals surface area contributed by atoms with Gasteiger partial charge in [-0.25, -0.2) is 0 Å². The summed E-state index contributed by atoms with van der Waals surface area (Å²) < 4.78 is 6.89. The van der Waals surface area contributed by atoms with Gasteiger partial charge in [0.15, 0.2) is 0 Å². The van der Waals surface area contributed by atoms with Crippen molar-refractivity contribution in [1.29, 1.82) is 0 Å². The fourth-order valence-electron chi connectivity index (χ4n) is 7.18. The molecule has 4 aliphatic heterocycles. The summed E-state index contributed by atoms with van der Waals surface area (Å²) in [7, 11) is 0. The van der Waals surface area contributed by atoms with Crippen LogP contribution in [0.1, 0.15) is 66.2 Å². The van der Waals surface area contributed by atoms with Crippen molar-refractivity contribution in [1.82, 2.24) is 9.80 Å². The molecule has 5 fully saturated rings. The average Bonchev–Trinajstić information content (AvgIpc) is 3.07. The molecule has 0 aromatic rings. The van der Waals surface area contributed by atoms with E-state index in [1.54, 1.807) is 0 Å². The van der Waals surface area contributed by atoms with Crippen LogP contribution in [0, 0.1) is 17.3 Å². The molecule has 5 rings (SSSR count). The normalized spacial score (nSPS) is 55.3. The van der Waals surface area contributed by atoms with E-state index in [0.717, 1.165) is 17.9 Å². The monoisotopic (exact) mass is 318 g/mol. The molecular weight excluding hydrogens is 284 g/mol. The molecule has 5 aliphatic rings. The van der Waals surface area contributed by atoms with Crippen LogP contribution in [0.2, 0.25) is 0 Å². The number of hydrogen-bond donors (Lipinski definition) is 0. The van der Waals surface area contributed by atoms with Gasteiger partial charge in [-0.15, -0.1) is 0 Å². The maximum atomic E-state index is 6.89. The SMILES string of the molecule is C[C@@H]1CC[C@@H]2[C@@H](C1)O[C@H]1[C@@H]3N4CCC[C@H]4C[C@]3(C)CN1C2(C)C. The zero-order valence-corrected chi connectivity index (χ0v) is 15.4. The molecular formula is C20H34N2O. The van der Waals surface area contributed by atoms with Gasteiger partial charge in [0.2, 0.25) is 0 Å². The molecule has 1 aliphatic carbocycles. The van der Waals surface area contributed by atoms with E-state index in [-0.39, 0.29) is 0 Å². The lowest BCUT2D eigenvalue weighted by atomic mass is 9.70. The third kappa shape index (κ3) is 1.93. The number of fused-ring (bicyclic) bond motifs is 6. The summed E-state index contributed by atoms with van der Waals surface area (Å²) in [4.78, 5) is 5.62. The van der Waals surface area contributed by atoms with Crippen molar-refractivity contribution in [3.63, 3.8) is 0 Å².